The molecule has 1 heterocycles. The van der Waals surface area contributed by atoms with Gasteiger partial charge in [-0.3, -0.25) is 0 Å². The number of hydrogen-bond donors (Lipinski definition) is 2. The van der Waals surface area contributed by atoms with E-state index in [0.717, 1.165) is 35.0 Å². The third kappa shape index (κ3) is 3.13. The van der Waals surface area contributed by atoms with Crippen molar-refractivity contribution in [1.82, 2.24) is 10.2 Å². The summed E-state index contributed by atoms with van der Waals surface area (Å²) in [6.07, 6.45) is 3.21. The molecule has 2 N–H and O–H groups in total. The normalized spacial score (nSPS) is 22.1. The molecule has 1 aromatic carbocycles. The maximum atomic E-state index is 12.8. The number of nitrogens with zero attached hydrogens (tertiary/aromatic N) is 2. The van der Waals surface area contributed by atoms with Crippen molar-refractivity contribution in [2.75, 3.05) is 5.32 Å². The van der Waals surface area contributed by atoms with Crippen LogP contribution in [-0.2, 0) is 6.42 Å². The molecule has 1 fully saturated rings. The fourth-order valence-corrected chi connectivity index (χ4v) is 3.26. The zero-order chi connectivity index (χ0) is 13.9. The van der Waals surface area contributed by atoms with E-state index >= 15 is 0 Å². The van der Waals surface area contributed by atoms with Gasteiger partial charge in [0.15, 0.2) is 0 Å². The summed E-state index contributed by atoms with van der Waals surface area (Å²) in [5, 5.41) is 22.9. The monoisotopic (exact) mass is 293 g/mol. The number of anilines is 1. The topological polar surface area (TPSA) is 58.0 Å². The molecule has 3 rings (SSSR count). The number of aromatic nitrogens is 2. The molecule has 20 heavy (non-hydrogen) atoms. The zero-order valence-electron chi connectivity index (χ0n) is 10.9. The lowest BCUT2D eigenvalue weighted by Gasteiger charge is -2.14. The van der Waals surface area contributed by atoms with Crippen molar-refractivity contribution in [1.29, 1.82) is 0 Å². The lowest BCUT2D eigenvalue weighted by Crippen LogP contribution is -2.27. The highest BCUT2D eigenvalue weighted by Gasteiger charge is 2.25. The van der Waals surface area contributed by atoms with Crippen molar-refractivity contribution in [3.05, 3.63) is 40.7 Å². The fourth-order valence-electron chi connectivity index (χ4n) is 2.43. The number of aliphatic hydroxyl groups excluding tert-OH is 1. The molecule has 0 bridgehead atoms. The van der Waals surface area contributed by atoms with Crippen molar-refractivity contribution >= 4 is 16.5 Å². The Bertz CT molecular complexity index is 572. The molecule has 1 aromatic heterocycles. The fraction of sp³-hybridized carbons (Fsp3) is 0.429. The van der Waals surface area contributed by atoms with Gasteiger partial charge in [-0.05, 0) is 37.0 Å². The summed E-state index contributed by atoms with van der Waals surface area (Å²) in [7, 11) is 0. The van der Waals surface area contributed by atoms with Gasteiger partial charge in [0.2, 0.25) is 5.13 Å². The highest BCUT2D eigenvalue weighted by atomic mass is 32.1. The predicted octanol–water partition coefficient (Wildman–Crippen LogP) is 2.59. The van der Waals surface area contributed by atoms with Gasteiger partial charge in [0, 0.05) is 6.42 Å². The summed E-state index contributed by atoms with van der Waals surface area (Å²) in [5.41, 5.74) is 1.01. The molecule has 1 aliphatic rings. The van der Waals surface area contributed by atoms with Crippen molar-refractivity contribution in [2.24, 2.45) is 0 Å². The molecular weight excluding hydrogens is 277 g/mol. The Morgan fingerprint density at radius 3 is 2.75 bits per heavy atom. The molecular formula is C14H16FN3OS. The molecule has 6 heteroatoms. The van der Waals surface area contributed by atoms with Gasteiger partial charge in [-0.2, -0.15) is 0 Å². The highest BCUT2D eigenvalue weighted by molar-refractivity contribution is 7.15. The Kier molecular flexibility index (Phi) is 3.93. The molecule has 2 aromatic rings. The van der Waals surface area contributed by atoms with E-state index < -0.39 is 0 Å². The lowest BCUT2D eigenvalue weighted by atomic mass is 10.2. The van der Waals surface area contributed by atoms with Crippen molar-refractivity contribution in [3.63, 3.8) is 0 Å². The van der Waals surface area contributed by atoms with Crippen LogP contribution in [0.2, 0.25) is 0 Å². The third-order valence-electron chi connectivity index (χ3n) is 3.52. The Balaban J connectivity index is 1.63. The zero-order valence-corrected chi connectivity index (χ0v) is 11.7. The van der Waals surface area contributed by atoms with Gasteiger partial charge in [0.25, 0.3) is 0 Å². The van der Waals surface area contributed by atoms with Gasteiger partial charge < -0.3 is 10.4 Å². The van der Waals surface area contributed by atoms with Crippen LogP contribution in [0.25, 0.3) is 0 Å². The Labute approximate surface area is 120 Å². The molecule has 0 aliphatic heterocycles. The van der Waals surface area contributed by atoms with Crippen LogP contribution in [0.1, 0.15) is 29.8 Å². The Morgan fingerprint density at radius 1 is 1.25 bits per heavy atom. The minimum Gasteiger partial charge on any atom is -0.391 e. The first kappa shape index (κ1) is 13.5. The van der Waals surface area contributed by atoms with E-state index in [4.69, 9.17) is 0 Å². The molecule has 106 valence electrons. The molecule has 0 spiro atoms. The van der Waals surface area contributed by atoms with Gasteiger partial charge in [0.1, 0.15) is 10.8 Å². The summed E-state index contributed by atoms with van der Waals surface area (Å²) < 4.78 is 12.8. The van der Waals surface area contributed by atoms with Crippen LogP contribution in [0, 0.1) is 5.82 Å². The number of nitrogens with one attached hydrogen (secondary N) is 1. The van der Waals surface area contributed by atoms with Crippen LogP contribution in [0.5, 0.6) is 0 Å². The number of aliphatic hydroxyl groups is 1. The maximum Gasteiger partial charge on any atom is 0.205 e. The molecule has 0 saturated heterocycles. The van der Waals surface area contributed by atoms with Gasteiger partial charge in [-0.1, -0.05) is 23.5 Å². The second-order valence-corrected chi connectivity index (χ2v) is 6.12. The second kappa shape index (κ2) is 5.85. The summed E-state index contributed by atoms with van der Waals surface area (Å²) in [4.78, 5) is 0. The smallest absolute Gasteiger partial charge is 0.205 e. The average molecular weight is 293 g/mol. The minimum absolute atomic E-state index is 0.0848. The van der Waals surface area contributed by atoms with Gasteiger partial charge >= 0.3 is 0 Å². The Morgan fingerprint density at radius 2 is 2.05 bits per heavy atom. The Hall–Kier alpha value is -1.53. The first-order chi connectivity index (χ1) is 9.70. The van der Waals surface area contributed by atoms with Crippen LogP contribution < -0.4 is 5.32 Å². The van der Waals surface area contributed by atoms with E-state index in [1.165, 1.54) is 23.5 Å². The van der Waals surface area contributed by atoms with Crippen LogP contribution in [0.4, 0.5) is 9.52 Å². The van der Waals surface area contributed by atoms with E-state index in [-0.39, 0.29) is 18.0 Å². The van der Waals surface area contributed by atoms with Crippen LogP contribution in [0.15, 0.2) is 24.3 Å². The van der Waals surface area contributed by atoms with Crippen LogP contribution >= 0.6 is 11.3 Å². The van der Waals surface area contributed by atoms with Crippen molar-refractivity contribution in [3.8, 4) is 0 Å². The van der Waals surface area contributed by atoms with Gasteiger partial charge in [0.05, 0.1) is 12.1 Å². The van der Waals surface area contributed by atoms with Crippen LogP contribution in [0.3, 0.4) is 0 Å². The summed E-state index contributed by atoms with van der Waals surface area (Å²) >= 11 is 1.48. The molecule has 0 radical (unpaired) electrons. The summed E-state index contributed by atoms with van der Waals surface area (Å²) in [5.74, 6) is -0.233. The average Bonchev–Trinajstić information content (AvgIpc) is 3.03. The summed E-state index contributed by atoms with van der Waals surface area (Å²) in [6, 6.07) is 6.49. The molecule has 4 nitrogen and oxygen atoms in total. The van der Waals surface area contributed by atoms with Gasteiger partial charge in [-0.15, -0.1) is 10.2 Å². The molecule has 0 amide bonds. The molecule has 0 unspecified atom stereocenters. The number of rotatable bonds is 4. The summed E-state index contributed by atoms with van der Waals surface area (Å²) in [6.45, 7) is 0. The number of hydrogen-bond acceptors (Lipinski definition) is 5. The van der Waals surface area contributed by atoms with E-state index in [1.807, 2.05) is 0 Å². The lowest BCUT2D eigenvalue weighted by molar-refractivity contribution is 0.172. The van der Waals surface area contributed by atoms with E-state index in [9.17, 15) is 9.50 Å². The first-order valence-corrected chi connectivity index (χ1v) is 7.54. The van der Waals surface area contributed by atoms with Crippen molar-refractivity contribution in [2.45, 2.75) is 37.8 Å². The first-order valence-electron chi connectivity index (χ1n) is 6.72. The molecule has 1 aliphatic carbocycles. The van der Waals surface area contributed by atoms with Crippen LogP contribution in [-0.4, -0.2) is 27.4 Å². The highest BCUT2D eigenvalue weighted by Crippen LogP contribution is 2.25. The largest absolute Gasteiger partial charge is 0.391 e. The van der Waals surface area contributed by atoms with E-state index in [1.54, 1.807) is 12.1 Å². The molecule has 1 saturated carbocycles. The third-order valence-corrected chi connectivity index (χ3v) is 4.38. The van der Waals surface area contributed by atoms with E-state index in [2.05, 4.69) is 15.5 Å². The predicted molar refractivity (Wildman–Crippen MR) is 76.4 cm³/mol. The van der Waals surface area contributed by atoms with E-state index in [0.29, 0.717) is 6.42 Å². The number of halogens is 1. The quantitative estimate of drug-likeness (QED) is 0.909. The standard InChI is InChI=1S/C14H16FN3OS/c15-10-6-4-9(5-7-10)8-13-17-18-14(20-13)16-11-2-1-3-12(11)19/h4-7,11-12,19H,1-3,8H2,(H,16,18)/t11-,12-/m1/s1. The molecule has 2 atom stereocenters. The maximum absolute atomic E-state index is 12.8. The van der Waals surface area contributed by atoms with Crippen molar-refractivity contribution < 1.29 is 9.50 Å². The second-order valence-electron chi connectivity index (χ2n) is 5.05. The number of benzene rings is 1. The van der Waals surface area contributed by atoms with Gasteiger partial charge in [-0.25, -0.2) is 4.39 Å². The minimum atomic E-state index is -0.292. The SMILES string of the molecule is O[C@@H]1CCC[C@H]1Nc1nnc(Cc2ccc(F)cc2)s1.